The molecule has 0 aliphatic carbocycles. The number of carbonyl (C=O) groups is 3. The highest BCUT2D eigenvalue weighted by atomic mass is 19.1. The summed E-state index contributed by atoms with van der Waals surface area (Å²) in [5.41, 5.74) is 2.88. The zero-order chi connectivity index (χ0) is 21.0. The van der Waals surface area contributed by atoms with Crippen LogP contribution in [0.2, 0.25) is 0 Å². The van der Waals surface area contributed by atoms with Gasteiger partial charge in [0.1, 0.15) is 11.9 Å². The van der Waals surface area contributed by atoms with Gasteiger partial charge < -0.3 is 4.90 Å². The van der Waals surface area contributed by atoms with Gasteiger partial charge in [-0.25, -0.2) is 4.39 Å². The Morgan fingerprint density at radius 3 is 1.97 bits per heavy atom. The number of nitrogens with zero attached hydrogens (tertiary/aromatic N) is 2. The number of anilines is 1. The van der Waals surface area contributed by atoms with E-state index in [1.165, 1.54) is 12.1 Å². The molecular weight excluding hydrogens is 383 g/mol. The number of fused-ring (bicyclic) bond motifs is 1. The molecule has 0 spiro atoms. The fourth-order valence-electron chi connectivity index (χ4n) is 4.24. The number of aryl methyl sites for hydroxylation is 1. The summed E-state index contributed by atoms with van der Waals surface area (Å²) >= 11 is 0. The van der Waals surface area contributed by atoms with E-state index in [1.807, 2.05) is 25.1 Å². The molecule has 0 bridgehead atoms. The fourth-order valence-corrected chi connectivity index (χ4v) is 4.24. The molecule has 30 heavy (non-hydrogen) atoms. The van der Waals surface area contributed by atoms with E-state index in [2.05, 4.69) is 0 Å². The molecule has 3 aromatic rings. The average molecular weight is 400 g/mol. The topological polar surface area (TPSA) is 57.7 Å². The molecule has 2 aliphatic heterocycles. The second-order valence-electron chi connectivity index (χ2n) is 7.51. The summed E-state index contributed by atoms with van der Waals surface area (Å²) in [5, 5.41) is 0. The molecule has 0 N–H and O–H groups in total. The van der Waals surface area contributed by atoms with Crippen molar-refractivity contribution in [2.24, 2.45) is 0 Å². The van der Waals surface area contributed by atoms with Gasteiger partial charge in [-0.1, -0.05) is 36.4 Å². The van der Waals surface area contributed by atoms with Crippen molar-refractivity contribution >= 4 is 23.4 Å². The Morgan fingerprint density at radius 2 is 1.37 bits per heavy atom. The maximum Gasteiger partial charge on any atom is 0.262 e. The maximum absolute atomic E-state index is 13.5. The molecule has 5 nitrogen and oxygen atoms in total. The smallest absolute Gasteiger partial charge is 0.262 e. The Hall–Kier alpha value is -3.80. The van der Waals surface area contributed by atoms with Crippen LogP contribution in [0.1, 0.15) is 37.9 Å². The molecule has 6 heteroatoms. The first-order valence-electron chi connectivity index (χ1n) is 9.59. The van der Waals surface area contributed by atoms with Crippen molar-refractivity contribution in [1.82, 2.24) is 4.90 Å². The van der Waals surface area contributed by atoms with Gasteiger partial charge in [-0.05, 0) is 54.4 Å². The predicted octanol–water partition coefficient (Wildman–Crippen LogP) is 3.89. The second kappa shape index (κ2) is 6.62. The van der Waals surface area contributed by atoms with Crippen LogP contribution in [0.25, 0.3) is 0 Å². The highest BCUT2D eigenvalue weighted by Gasteiger charge is 2.57. The summed E-state index contributed by atoms with van der Waals surface area (Å²) in [6.07, 6.45) is 0. The van der Waals surface area contributed by atoms with Gasteiger partial charge in [0, 0.05) is 5.69 Å². The number of hydrogen-bond acceptors (Lipinski definition) is 3. The van der Waals surface area contributed by atoms with E-state index in [4.69, 9.17) is 0 Å². The number of rotatable bonds is 3. The number of benzene rings is 3. The molecule has 1 fully saturated rings. The molecular formula is C24H17FN2O3. The minimum Gasteiger partial charge on any atom is -0.300 e. The average Bonchev–Trinajstić information content (AvgIpc) is 2.98. The molecule has 148 valence electrons. The van der Waals surface area contributed by atoms with Gasteiger partial charge in [-0.15, -0.1) is 0 Å². The summed E-state index contributed by atoms with van der Waals surface area (Å²) in [7, 11) is 0. The summed E-state index contributed by atoms with van der Waals surface area (Å²) < 4.78 is 13.5. The first-order valence-corrected chi connectivity index (χ1v) is 9.59. The van der Waals surface area contributed by atoms with E-state index >= 15 is 0 Å². The number of carbonyl (C=O) groups excluding carboxylic acids is 3. The molecule has 3 amide bonds. The van der Waals surface area contributed by atoms with Crippen molar-refractivity contribution in [3.63, 3.8) is 0 Å². The lowest BCUT2D eigenvalue weighted by Gasteiger charge is -2.49. The van der Waals surface area contributed by atoms with Crippen LogP contribution < -0.4 is 4.90 Å². The van der Waals surface area contributed by atoms with Crippen LogP contribution in [0, 0.1) is 12.7 Å². The van der Waals surface area contributed by atoms with Crippen molar-refractivity contribution in [1.29, 1.82) is 0 Å². The number of halogens is 1. The van der Waals surface area contributed by atoms with Gasteiger partial charge in [0.25, 0.3) is 17.7 Å². The van der Waals surface area contributed by atoms with E-state index in [0.717, 1.165) is 10.5 Å². The Labute approximate surface area is 172 Å². The molecule has 0 saturated carbocycles. The van der Waals surface area contributed by atoms with Gasteiger partial charge in [0.05, 0.1) is 17.2 Å². The lowest BCUT2D eigenvalue weighted by atomic mass is 9.86. The molecule has 2 atom stereocenters. The Bertz CT molecular complexity index is 1170. The number of hydrogen-bond donors (Lipinski definition) is 0. The maximum atomic E-state index is 13.5. The third kappa shape index (κ3) is 2.57. The lowest BCUT2D eigenvalue weighted by molar-refractivity contribution is -0.130. The van der Waals surface area contributed by atoms with Crippen LogP contribution in [0.4, 0.5) is 10.1 Å². The van der Waals surface area contributed by atoms with Gasteiger partial charge >= 0.3 is 0 Å². The SMILES string of the molecule is Cc1cccc(N2C(=O)[C@H](N3C(=O)c4ccccc4C3=O)[C@H]2c2ccc(F)cc2)c1. The largest absolute Gasteiger partial charge is 0.300 e. The summed E-state index contributed by atoms with van der Waals surface area (Å²) in [4.78, 5) is 41.9. The van der Waals surface area contributed by atoms with E-state index in [1.54, 1.807) is 47.4 Å². The van der Waals surface area contributed by atoms with Crippen LogP contribution >= 0.6 is 0 Å². The van der Waals surface area contributed by atoms with Crippen molar-refractivity contribution < 1.29 is 18.8 Å². The van der Waals surface area contributed by atoms with Crippen LogP contribution in [0.5, 0.6) is 0 Å². The number of imide groups is 1. The minimum absolute atomic E-state index is 0.294. The molecule has 3 aromatic carbocycles. The summed E-state index contributed by atoms with van der Waals surface area (Å²) in [6, 6.07) is 18.2. The van der Waals surface area contributed by atoms with Crippen LogP contribution in [-0.2, 0) is 4.79 Å². The molecule has 1 saturated heterocycles. The molecule has 0 aromatic heterocycles. The van der Waals surface area contributed by atoms with Crippen molar-refractivity contribution in [2.75, 3.05) is 4.90 Å². The highest BCUT2D eigenvalue weighted by Crippen LogP contribution is 2.44. The molecule has 2 heterocycles. The molecule has 2 aliphatic rings. The monoisotopic (exact) mass is 400 g/mol. The number of β-lactam (4-membered cyclic amide) rings is 1. The lowest BCUT2D eigenvalue weighted by Crippen LogP contribution is -2.67. The van der Waals surface area contributed by atoms with Crippen molar-refractivity contribution in [3.8, 4) is 0 Å². The Kier molecular flexibility index (Phi) is 4.03. The fraction of sp³-hybridized carbons (Fsp3) is 0.125. The van der Waals surface area contributed by atoms with Crippen molar-refractivity contribution in [3.05, 3.63) is 101 Å². The van der Waals surface area contributed by atoms with Gasteiger partial charge in [-0.2, -0.15) is 0 Å². The van der Waals surface area contributed by atoms with Gasteiger partial charge in [-0.3, -0.25) is 19.3 Å². The highest BCUT2D eigenvalue weighted by molar-refractivity contribution is 6.24. The van der Waals surface area contributed by atoms with E-state index in [-0.39, 0.29) is 5.91 Å². The summed E-state index contributed by atoms with van der Waals surface area (Å²) in [6.45, 7) is 1.92. The molecule has 0 radical (unpaired) electrons. The third-order valence-corrected chi connectivity index (χ3v) is 5.66. The molecule has 0 unspecified atom stereocenters. The van der Waals surface area contributed by atoms with Gasteiger partial charge in [0.15, 0.2) is 0 Å². The van der Waals surface area contributed by atoms with Crippen molar-refractivity contribution in [2.45, 2.75) is 19.0 Å². The Morgan fingerprint density at radius 1 is 0.733 bits per heavy atom. The first-order chi connectivity index (χ1) is 14.5. The zero-order valence-electron chi connectivity index (χ0n) is 16.1. The van der Waals surface area contributed by atoms with Crippen LogP contribution in [0.3, 0.4) is 0 Å². The van der Waals surface area contributed by atoms with Crippen LogP contribution in [-0.4, -0.2) is 28.7 Å². The summed E-state index contributed by atoms with van der Waals surface area (Å²) in [5.74, 6) is -1.71. The van der Waals surface area contributed by atoms with E-state index in [9.17, 15) is 18.8 Å². The predicted molar refractivity (Wildman–Crippen MR) is 109 cm³/mol. The Balaban J connectivity index is 1.60. The van der Waals surface area contributed by atoms with E-state index in [0.29, 0.717) is 22.4 Å². The second-order valence-corrected chi connectivity index (χ2v) is 7.51. The number of amides is 3. The molecule has 5 rings (SSSR count). The quantitative estimate of drug-likeness (QED) is 0.495. The first kappa shape index (κ1) is 18.2. The normalized spacial score (nSPS) is 20.4. The zero-order valence-corrected chi connectivity index (χ0v) is 16.1. The standard InChI is InChI=1S/C24H17FN2O3/c1-14-5-4-6-17(13-14)26-20(15-9-11-16(25)12-10-15)21(24(26)30)27-22(28)18-7-2-3-8-19(18)23(27)29/h2-13,20-21H,1H3/t20-,21-/m1/s1. The van der Waals surface area contributed by atoms with E-state index < -0.39 is 29.7 Å². The minimum atomic E-state index is -0.983. The third-order valence-electron chi connectivity index (χ3n) is 5.66. The van der Waals surface area contributed by atoms with Gasteiger partial charge in [0.2, 0.25) is 0 Å². The van der Waals surface area contributed by atoms with Crippen LogP contribution in [0.15, 0.2) is 72.8 Å².